The van der Waals surface area contributed by atoms with Gasteiger partial charge in [-0.3, -0.25) is 4.79 Å². The van der Waals surface area contributed by atoms with E-state index in [4.69, 9.17) is 10.5 Å². The van der Waals surface area contributed by atoms with Gasteiger partial charge in [0.15, 0.2) is 0 Å². The molecular weight excluding hydrogens is 288 g/mol. The Morgan fingerprint density at radius 2 is 1.74 bits per heavy atom. The van der Waals surface area contributed by atoms with Crippen molar-refractivity contribution in [3.05, 3.63) is 42.5 Å². The molecule has 0 fully saturated rings. The number of ether oxygens (including phenoxy) is 1. The highest BCUT2D eigenvalue weighted by Gasteiger charge is 2.04. The Bertz CT molecular complexity index is 807. The first-order chi connectivity index (χ1) is 11.2. The molecule has 1 aromatic heterocycles. The van der Waals surface area contributed by atoms with Crippen molar-refractivity contribution in [1.29, 1.82) is 0 Å². The number of aromatic amines is 1. The Morgan fingerprint density at radius 3 is 2.61 bits per heavy atom. The lowest BCUT2D eigenvalue weighted by atomic mass is 10.1. The van der Waals surface area contributed by atoms with Crippen molar-refractivity contribution in [3.8, 4) is 5.75 Å². The summed E-state index contributed by atoms with van der Waals surface area (Å²) in [6, 6.07) is 14.5. The van der Waals surface area contributed by atoms with Crippen LogP contribution in [0.1, 0.15) is 32.1 Å². The molecule has 4 heteroatoms. The molecule has 0 aliphatic heterocycles. The van der Waals surface area contributed by atoms with Gasteiger partial charge >= 0.3 is 0 Å². The zero-order valence-corrected chi connectivity index (χ0v) is 13.2. The maximum atomic E-state index is 10.6. The first kappa shape index (κ1) is 15.4. The van der Waals surface area contributed by atoms with Crippen molar-refractivity contribution in [3.63, 3.8) is 0 Å². The van der Waals surface area contributed by atoms with E-state index in [9.17, 15) is 4.79 Å². The monoisotopic (exact) mass is 310 g/mol. The van der Waals surface area contributed by atoms with Crippen molar-refractivity contribution in [2.75, 3.05) is 6.61 Å². The van der Waals surface area contributed by atoms with E-state index >= 15 is 0 Å². The van der Waals surface area contributed by atoms with Gasteiger partial charge in [0, 0.05) is 28.8 Å². The number of benzene rings is 2. The van der Waals surface area contributed by atoms with Crippen LogP contribution in [-0.4, -0.2) is 17.5 Å². The lowest BCUT2D eigenvalue weighted by Gasteiger charge is -2.06. The number of fused-ring (bicyclic) bond motifs is 3. The van der Waals surface area contributed by atoms with Crippen LogP contribution < -0.4 is 10.5 Å². The number of carbonyl (C=O) groups excluding carboxylic acids is 1. The Hall–Kier alpha value is -2.49. The second-order valence-corrected chi connectivity index (χ2v) is 5.86. The van der Waals surface area contributed by atoms with E-state index in [0.29, 0.717) is 13.0 Å². The van der Waals surface area contributed by atoms with Crippen LogP contribution in [0.15, 0.2) is 42.5 Å². The van der Waals surface area contributed by atoms with Crippen LogP contribution >= 0.6 is 0 Å². The molecular formula is C19H22N2O2. The van der Waals surface area contributed by atoms with Crippen molar-refractivity contribution in [1.82, 2.24) is 4.98 Å². The van der Waals surface area contributed by atoms with Crippen molar-refractivity contribution >= 4 is 27.7 Å². The number of aromatic nitrogens is 1. The molecule has 0 unspecified atom stereocenters. The van der Waals surface area contributed by atoms with Crippen LogP contribution in [-0.2, 0) is 4.79 Å². The maximum Gasteiger partial charge on any atom is 0.217 e. The molecule has 0 radical (unpaired) electrons. The molecule has 120 valence electrons. The van der Waals surface area contributed by atoms with Gasteiger partial charge in [-0.2, -0.15) is 0 Å². The topological polar surface area (TPSA) is 68.1 Å². The van der Waals surface area contributed by atoms with E-state index in [1.165, 1.54) is 10.8 Å². The second-order valence-electron chi connectivity index (χ2n) is 5.86. The Balaban J connectivity index is 1.53. The van der Waals surface area contributed by atoms with E-state index in [2.05, 4.69) is 35.3 Å². The molecule has 3 aromatic rings. The van der Waals surface area contributed by atoms with Gasteiger partial charge in [-0.25, -0.2) is 0 Å². The third-order valence-electron chi connectivity index (χ3n) is 4.06. The third-order valence-corrected chi connectivity index (χ3v) is 4.06. The fraction of sp³-hybridized carbons (Fsp3) is 0.316. The molecule has 1 heterocycles. The van der Waals surface area contributed by atoms with Gasteiger partial charge in [-0.1, -0.05) is 31.0 Å². The summed E-state index contributed by atoms with van der Waals surface area (Å²) in [4.78, 5) is 14.1. The number of H-pyrrole nitrogens is 1. The Kier molecular flexibility index (Phi) is 4.81. The van der Waals surface area contributed by atoms with Crippen LogP contribution in [0.5, 0.6) is 5.75 Å². The summed E-state index contributed by atoms with van der Waals surface area (Å²) in [6.45, 7) is 0.697. The average molecular weight is 310 g/mol. The quantitative estimate of drug-likeness (QED) is 0.614. The second kappa shape index (κ2) is 7.18. The number of para-hydroxylation sites is 1. The van der Waals surface area contributed by atoms with Crippen molar-refractivity contribution in [2.24, 2.45) is 5.73 Å². The number of carbonyl (C=O) groups is 1. The van der Waals surface area contributed by atoms with E-state index in [1.807, 2.05) is 12.1 Å². The number of rotatable bonds is 8. The zero-order chi connectivity index (χ0) is 16.1. The molecule has 3 rings (SSSR count). The Labute approximate surface area is 135 Å². The minimum atomic E-state index is -0.215. The summed E-state index contributed by atoms with van der Waals surface area (Å²) in [7, 11) is 0. The summed E-state index contributed by atoms with van der Waals surface area (Å²) in [5, 5.41) is 2.46. The van der Waals surface area contributed by atoms with Gasteiger partial charge in [-0.05, 0) is 31.0 Å². The van der Waals surface area contributed by atoms with Gasteiger partial charge in [0.2, 0.25) is 5.91 Å². The molecule has 0 spiro atoms. The molecule has 1 amide bonds. The number of nitrogens with two attached hydrogens (primary N) is 1. The van der Waals surface area contributed by atoms with Crippen LogP contribution in [0.25, 0.3) is 21.8 Å². The number of unbranched alkanes of at least 4 members (excludes halogenated alkanes) is 3. The predicted molar refractivity (Wildman–Crippen MR) is 93.6 cm³/mol. The lowest BCUT2D eigenvalue weighted by Crippen LogP contribution is -2.09. The predicted octanol–water partition coefficient (Wildman–Crippen LogP) is 4.14. The van der Waals surface area contributed by atoms with Crippen LogP contribution in [0, 0.1) is 0 Å². The number of hydrogen-bond acceptors (Lipinski definition) is 2. The molecule has 2 aromatic carbocycles. The maximum absolute atomic E-state index is 10.6. The van der Waals surface area contributed by atoms with Crippen LogP contribution in [0.2, 0.25) is 0 Å². The first-order valence-electron chi connectivity index (χ1n) is 8.15. The van der Waals surface area contributed by atoms with Gasteiger partial charge in [0.1, 0.15) is 5.75 Å². The SMILES string of the molecule is NC(=O)CCCCCCOc1ccc2c(c1)[nH]c1ccccc12. The van der Waals surface area contributed by atoms with Gasteiger partial charge in [0.25, 0.3) is 0 Å². The molecule has 0 atom stereocenters. The van der Waals surface area contributed by atoms with Crippen LogP contribution in [0.4, 0.5) is 0 Å². The minimum absolute atomic E-state index is 0.215. The highest BCUT2D eigenvalue weighted by molar-refractivity contribution is 6.07. The molecule has 0 aliphatic carbocycles. The number of hydrogen-bond donors (Lipinski definition) is 2. The molecule has 23 heavy (non-hydrogen) atoms. The number of nitrogens with one attached hydrogen (secondary N) is 1. The van der Waals surface area contributed by atoms with Crippen molar-refractivity contribution < 1.29 is 9.53 Å². The highest BCUT2D eigenvalue weighted by atomic mass is 16.5. The summed E-state index contributed by atoms with van der Waals surface area (Å²) in [5.41, 5.74) is 7.37. The van der Waals surface area contributed by atoms with Crippen LogP contribution in [0.3, 0.4) is 0 Å². The zero-order valence-electron chi connectivity index (χ0n) is 13.2. The molecule has 0 aliphatic rings. The molecule has 0 bridgehead atoms. The summed E-state index contributed by atoms with van der Waals surface area (Å²) in [6.07, 6.45) is 4.42. The fourth-order valence-corrected chi connectivity index (χ4v) is 2.87. The Morgan fingerprint density at radius 1 is 0.957 bits per heavy atom. The normalized spacial score (nSPS) is 11.1. The largest absolute Gasteiger partial charge is 0.494 e. The summed E-state index contributed by atoms with van der Waals surface area (Å²) in [5.74, 6) is 0.675. The minimum Gasteiger partial charge on any atom is -0.494 e. The fourth-order valence-electron chi connectivity index (χ4n) is 2.87. The lowest BCUT2D eigenvalue weighted by molar-refractivity contribution is -0.118. The van der Waals surface area contributed by atoms with Crippen molar-refractivity contribution in [2.45, 2.75) is 32.1 Å². The number of primary amides is 1. The molecule has 0 saturated carbocycles. The smallest absolute Gasteiger partial charge is 0.217 e. The molecule has 3 N–H and O–H groups in total. The van der Waals surface area contributed by atoms with E-state index < -0.39 is 0 Å². The van der Waals surface area contributed by atoms with E-state index in [1.54, 1.807) is 0 Å². The third kappa shape index (κ3) is 3.83. The molecule has 0 saturated heterocycles. The average Bonchev–Trinajstić information content (AvgIpc) is 2.91. The van der Waals surface area contributed by atoms with Gasteiger partial charge < -0.3 is 15.5 Å². The van der Waals surface area contributed by atoms with Gasteiger partial charge in [-0.15, -0.1) is 0 Å². The first-order valence-corrected chi connectivity index (χ1v) is 8.15. The summed E-state index contributed by atoms with van der Waals surface area (Å²) < 4.78 is 5.83. The van der Waals surface area contributed by atoms with E-state index in [-0.39, 0.29) is 5.91 Å². The number of amides is 1. The van der Waals surface area contributed by atoms with E-state index in [0.717, 1.165) is 42.5 Å². The summed E-state index contributed by atoms with van der Waals surface area (Å²) >= 11 is 0. The standard InChI is InChI=1S/C19H22N2O2/c20-19(22)9-3-1-2-6-12-23-14-10-11-16-15-7-4-5-8-17(15)21-18(16)13-14/h4-5,7-8,10-11,13,21H,1-3,6,9,12H2,(H2,20,22). The molecule has 4 nitrogen and oxygen atoms in total. The highest BCUT2D eigenvalue weighted by Crippen LogP contribution is 2.28. The van der Waals surface area contributed by atoms with Gasteiger partial charge in [0.05, 0.1) is 12.1 Å².